The summed E-state index contributed by atoms with van der Waals surface area (Å²) in [4.78, 5) is 13.4. The number of amides is 1. The molecule has 0 spiro atoms. The maximum absolute atomic E-state index is 11.2. The number of rotatable bonds is 7. The number of hydrogen-bond acceptors (Lipinski definition) is 3. The lowest BCUT2D eigenvalue weighted by atomic mass is 10.2. The lowest BCUT2D eigenvalue weighted by Crippen LogP contribution is -2.33. The molecule has 0 aliphatic carbocycles. The Morgan fingerprint density at radius 1 is 1.57 bits per heavy atom. The van der Waals surface area contributed by atoms with Gasteiger partial charge in [0.15, 0.2) is 0 Å². The van der Waals surface area contributed by atoms with Crippen LogP contribution in [0.2, 0.25) is 0 Å². The number of nitrogens with two attached hydrogens (primary N) is 1. The highest BCUT2D eigenvalue weighted by Crippen LogP contribution is 1.92. The lowest BCUT2D eigenvalue weighted by Gasteiger charge is -2.14. The number of likely N-dealkylation sites (N-methyl/N-ethyl adjacent to an activating group) is 1. The van der Waals surface area contributed by atoms with Crippen LogP contribution in [0.4, 0.5) is 0 Å². The summed E-state index contributed by atoms with van der Waals surface area (Å²) in [6.45, 7) is 6.65. The topological polar surface area (TPSA) is 58.4 Å². The van der Waals surface area contributed by atoms with Gasteiger partial charge in [0.25, 0.3) is 0 Å². The second kappa shape index (κ2) is 7.76. The number of carbonyl (C=O) groups is 1. The Labute approximate surface area is 86.8 Å². The molecule has 14 heavy (non-hydrogen) atoms. The van der Waals surface area contributed by atoms with E-state index >= 15 is 0 Å². The third-order valence-electron chi connectivity index (χ3n) is 2.18. The first-order valence-electron chi connectivity index (χ1n) is 5.27. The Balaban J connectivity index is 3.35. The molecule has 0 saturated carbocycles. The van der Waals surface area contributed by atoms with Crippen molar-refractivity contribution in [2.24, 2.45) is 5.73 Å². The van der Waals surface area contributed by atoms with Crippen LogP contribution in [0, 0.1) is 0 Å². The van der Waals surface area contributed by atoms with E-state index in [1.165, 1.54) is 0 Å². The largest absolute Gasteiger partial charge is 0.355 e. The van der Waals surface area contributed by atoms with Crippen molar-refractivity contribution in [3.8, 4) is 0 Å². The fraction of sp³-hybridized carbons (Fsp3) is 0.900. The molecule has 0 fully saturated rings. The van der Waals surface area contributed by atoms with Crippen molar-refractivity contribution in [1.29, 1.82) is 0 Å². The van der Waals surface area contributed by atoms with Crippen molar-refractivity contribution in [1.82, 2.24) is 10.2 Å². The van der Waals surface area contributed by atoms with Gasteiger partial charge in [-0.3, -0.25) is 4.79 Å². The van der Waals surface area contributed by atoms with E-state index in [4.69, 9.17) is 5.73 Å². The van der Waals surface area contributed by atoms with E-state index in [1.54, 1.807) is 0 Å². The fourth-order valence-electron chi connectivity index (χ4n) is 0.991. The quantitative estimate of drug-likeness (QED) is 0.618. The number of nitrogens with one attached hydrogen (secondary N) is 1. The van der Waals surface area contributed by atoms with E-state index < -0.39 is 0 Å². The van der Waals surface area contributed by atoms with Gasteiger partial charge in [-0.1, -0.05) is 6.92 Å². The van der Waals surface area contributed by atoms with Gasteiger partial charge in [0.05, 0.1) is 0 Å². The van der Waals surface area contributed by atoms with Gasteiger partial charge in [0.2, 0.25) is 5.91 Å². The van der Waals surface area contributed by atoms with Crippen molar-refractivity contribution in [3.05, 3.63) is 0 Å². The third-order valence-corrected chi connectivity index (χ3v) is 2.18. The molecule has 0 aliphatic heterocycles. The third kappa shape index (κ3) is 8.01. The predicted molar refractivity (Wildman–Crippen MR) is 59.1 cm³/mol. The van der Waals surface area contributed by atoms with Crippen LogP contribution >= 0.6 is 0 Å². The van der Waals surface area contributed by atoms with E-state index in [0.29, 0.717) is 6.42 Å². The van der Waals surface area contributed by atoms with Gasteiger partial charge in [-0.25, -0.2) is 0 Å². The van der Waals surface area contributed by atoms with Crippen LogP contribution in [0.5, 0.6) is 0 Å². The number of carbonyl (C=O) groups excluding carboxylic acids is 1. The minimum atomic E-state index is 0.104. The lowest BCUT2D eigenvalue weighted by molar-refractivity contribution is -0.121. The summed E-state index contributed by atoms with van der Waals surface area (Å²) in [6, 6.07) is 0.110. The first-order chi connectivity index (χ1) is 6.56. The van der Waals surface area contributed by atoms with Crippen LogP contribution in [-0.4, -0.2) is 43.5 Å². The van der Waals surface area contributed by atoms with Crippen molar-refractivity contribution in [2.45, 2.75) is 32.7 Å². The zero-order valence-electron chi connectivity index (χ0n) is 9.55. The Bertz CT molecular complexity index is 159. The Kier molecular flexibility index (Phi) is 7.42. The molecule has 0 saturated heterocycles. The first-order valence-corrected chi connectivity index (χ1v) is 5.27. The molecule has 3 N–H and O–H groups in total. The molecule has 1 unspecified atom stereocenters. The average molecular weight is 201 g/mol. The summed E-state index contributed by atoms with van der Waals surface area (Å²) >= 11 is 0. The van der Waals surface area contributed by atoms with Gasteiger partial charge < -0.3 is 16.0 Å². The van der Waals surface area contributed by atoms with Crippen molar-refractivity contribution in [3.63, 3.8) is 0 Å². The number of hydrogen-bond donors (Lipinski definition) is 2. The summed E-state index contributed by atoms with van der Waals surface area (Å²) in [5, 5.41) is 2.87. The molecule has 1 amide bonds. The van der Waals surface area contributed by atoms with E-state index in [0.717, 1.165) is 26.1 Å². The van der Waals surface area contributed by atoms with Crippen LogP contribution in [-0.2, 0) is 4.79 Å². The molecule has 84 valence electrons. The molecule has 0 bridgehead atoms. The predicted octanol–water partition coefficient (Wildman–Crippen LogP) is 0.182. The first kappa shape index (κ1) is 13.4. The second-order valence-corrected chi connectivity index (χ2v) is 3.76. The Hall–Kier alpha value is -0.610. The normalized spacial score (nSPS) is 12.9. The molecule has 0 radical (unpaired) electrons. The van der Waals surface area contributed by atoms with E-state index in [1.807, 2.05) is 14.0 Å². The monoisotopic (exact) mass is 201 g/mol. The van der Waals surface area contributed by atoms with Crippen LogP contribution in [0.15, 0.2) is 0 Å². The van der Waals surface area contributed by atoms with Crippen molar-refractivity contribution < 1.29 is 4.79 Å². The summed E-state index contributed by atoms with van der Waals surface area (Å²) in [5.74, 6) is 0.104. The van der Waals surface area contributed by atoms with Gasteiger partial charge in [-0.2, -0.15) is 0 Å². The van der Waals surface area contributed by atoms with Gasteiger partial charge >= 0.3 is 0 Å². The smallest absolute Gasteiger partial charge is 0.220 e. The Morgan fingerprint density at radius 3 is 2.71 bits per heavy atom. The molecule has 0 aromatic rings. The minimum absolute atomic E-state index is 0.104. The average Bonchev–Trinajstić information content (AvgIpc) is 2.14. The molecule has 0 aliphatic rings. The second-order valence-electron chi connectivity index (χ2n) is 3.76. The highest BCUT2D eigenvalue weighted by atomic mass is 16.1. The molecule has 0 rings (SSSR count). The van der Waals surface area contributed by atoms with Crippen molar-refractivity contribution in [2.75, 3.05) is 26.7 Å². The maximum Gasteiger partial charge on any atom is 0.220 e. The molecule has 0 heterocycles. The Morgan fingerprint density at radius 2 is 2.21 bits per heavy atom. The van der Waals surface area contributed by atoms with Crippen LogP contribution in [0.1, 0.15) is 26.7 Å². The fourth-order valence-corrected chi connectivity index (χ4v) is 0.991. The molecule has 1 atom stereocenters. The zero-order chi connectivity index (χ0) is 11.0. The number of nitrogens with zero attached hydrogens (tertiary/aromatic N) is 1. The zero-order valence-corrected chi connectivity index (χ0v) is 9.55. The van der Waals surface area contributed by atoms with E-state index in [-0.39, 0.29) is 11.9 Å². The summed E-state index contributed by atoms with van der Waals surface area (Å²) in [5.41, 5.74) is 5.55. The van der Waals surface area contributed by atoms with Gasteiger partial charge in [0.1, 0.15) is 0 Å². The van der Waals surface area contributed by atoms with E-state index in [9.17, 15) is 4.79 Å². The minimum Gasteiger partial charge on any atom is -0.355 e. The van der Waals surface area contributed by atoms with Gasteiger partial charge in [0, 0.05) is 25.6 Å². The van der Waals surface area contributed by atoms with Crippen molar-refractivity contribution >= 4 is 5.91 Å². The molecular weight excluding hydrogens is 178 g/mol. The molecule has 4 heteroatoms. The summed E-state index contributed by atoms with van der Waals surface area (Å²) < 4.78 is 0. The highest BCUT2D eigenvalue weighted by molar-refractivity contribution is 5.75. The standard InChI is InChI=1S/C10H23N3O/c1-4-13(3)8-7-12-10(14)6-5-9(2)11/h9H,4-8,11H2,1-3H3,(H,12,14). The van der Waals surface area contributed by atoms with Crippen LogP contribution in [0.25, 0.3) is 0 Å². The molecule has 0 aromatic heterocycles. The van der Waals surface area contributed by atoms with Crippen LogP contribution in [0.3, 0.4) is 0 Å². The highest BCUT2D eigenvalue weighted by Gasteiger charge is 2.02. The van der Waals surface area contributed by atoms with Gasteiger partial charge in [-0.05, 0) is 26.9 Å². The molecular formula is C10H23N3O. The summed E-state index contributed by atoms with van der Waals surface area (Å²) in [7, 11) is 2.04. The SMILES string of the molecule is CCN(C)CCNC(=O)CCC(C)N. The summed E-state index contributed by atoms with van der Waals surface area (Å²) in [6.07, 6.45) is 1.29. The van der Waals surface area contributed by atoms with Crippen LogP contribution < -0.4 is 11.1 Å². The molecule has 0 aromatic carbocycles. The molecule has 4 nitrogen and oxygen atoms in total. The maximum atomic E-state index is 11.2. The van der Waals surface area contributed by atoms with Gasteiger partial charge in [-0.15, -0.1) is 0 Å². The van der Waals surface area contributed by atoms with E-state index in [2.05, 4.69) is 17.1 Å².